The number of para-hydroxylation sites is 1. The summed E-state index contributed by atoms with van der Waals surface area (Å²) in [6, 6.07) is 29.9. The third-order valence-corrected chi connectivity index (χ3v) is 7.94. The van der Waals surface area contributed by atoms with Crippen molar-refractivity contribution in [1.29, 1.82) is 0 Å². The first kappa shape index (κ1) is 40.4. The maximum Gasteiger partial charge on any atom is 3.00 e. The summed E-state index contributed by atoms with van der Waals surface area (Å²) in [6.07, 6.45) is 4.60. The Labute approximate surface area is 310 Å². The van der Waals surface area contributed by atoms with Crippen LogP contribution in [0.4, 0.5) is 11.4 Å². The summed E-state index contributed by atoms with van der Waals surface area (Å²) in [6.45, 7) is 21.5. The van der Waals surface area contributed by atoms with Gasteiger partial charge >= 0.3 is 32.7 Å². The molecule has 0 amide bonds. The fourth-order valence-electron chi connectivity index (χ4n) is 5.36. The van der Waals surface area contributed by atoms with E-state index >= 15 is 0 Å². The van der Waals surface area contributed by atoms with Crippen LogP contribution >= 0.6 is 0 Å². The Balaban J connectivity index is 0.000000333. The average Bonchev–Trinajstić information content (AvgIpc) is 3.62. The van der Waals surface area contributed by atoms with Gasteiger partial charge in [0.15, 0.2) is 0 Å². The van der Waals surface area contributed by atoms with Crippen molar-refractivity contribution in [2.45, 2.75) is 98.8 Å². The van der Waals surface area contributed by atoms with Crippen molar-refractivity contribution >= 4 is 17.5 Å². The molecular weight excluding hydrogens is 651 g/mol. The summed E-state index contributed by atoms with van der Waals surface area (Å²) in [5, 5.41) is 5.01. The van der Waals surface area contributed by atoms with Crippen molar-refractivity contribution in [3.05, 3.63) is 130 Å². The van der Waals surface area contributed by atoms with Gasteiger partial charge in [-0.15, -0.1) is 47.3 Å². The van der Waals surface area contributed by atoms with E-state index in [-0.39, 0.29) is 32.7 Å². The van der Waals surface area contributed by atoms with Gasteiger partial charge in [-0.25, -0.2) is 0 Å². The summed E-state index contributed by atoms with van der Waals surface area (Å²) in [5.74, 6) is 1.76. The van der Waals surface area contributed by atoms with Crippen LogP contribution in [0.5, 0.6) is 0 Å². The van der Waals surface area contributed by atoms with E-state index in [1.165, 1.54) is 24.0 Å². The number of rotatable bonds is 8. The van der Waals surface area contributed by atoms with Crippen LogP contribution in [0.1, 0.15) is 127 Å². The van der Waals surface area contributed by atoms with Gasteiger partial charge < -0.3 is 15.8 Å². The van der Waals surface area contributed by atoms with Crippen LogP contribution in [0, 0.1) is 6.07 Å². The van der Waals surface area contributed by atoms with Gasteiger partial charge in [-0.3, -0.25) is 4.98 Å². The molecule has 1 aromatic heterocycles. The van der Waals surface area contributed by atoms with Gasteiger partial charge in [0.05, 0.1) is 5.69 Å². The normalized spacial score (nSPS) is 12.7. The topological polar surface area (TPSA) is 60.0 Å². The molecule has 47 heavy (non-hydrogen) atoms. The Morgan fingerprint density at radius 1 is 0.723 bits per heavy atom. The number of ether oxygens (including phenoxy) is 1. The second-order valence-electron chi connectivity index (χ2n) is 13.2. The smallest absolute Gasteiger partial charge is 0.698 e. The van der Waals surface area contributed by atoms with E-state index < -0.39 is 0 Å². The maximum absolute atomic E-state index is 8.01. The minimum Gasteiger partial charge on any atom is -0.698 e. The summed E-state index contributed by atoms with van der Waals surface area (Å²) in [4.78, 5) is 4.77. The summed E-state index contributed by atoms with van der Waals surface area (Å²) in [5.41, 5.74) is 18.5. The fourth-order valence-corrected chi connectivity index (χ4v) is 5.36. The monoisotopic (exact) mass is 705 g/mol. The second-order valence-corrected chi connectivity index (χ2v) is 13.2. The Kier molecular flexibility index (Phi) is 17.7. The number of allylic oxidation sites excluding steroid dienone is 1. The Morgan fingerprint density at radius 3 is 1.68 bits per heavy atom. The first-order valence-electron chi connectivity index (χ1n) is 16.9. The minimum atomic E-state index is 0. The van der Waals surface area contributed by atoms with Crippen molar-refractivity contribution in [2.75, 3.05) is 13.2 Å². The number of hydrogen-bond acceptors (Lipinski definition) is 2. The molecule has 4 aromatic rings. The molecule has 0 radical (unpaired) electrons. The van der Waals surface area contributed by atoms with E-state index in [1.807, 2.05) is 55.5 Å². The zero-order valence-corrected chi connectivity index (χ0v) is 32.9. The van der Waals surface area contributed by atoms with Crippen LogP contribution in [0.25, 0.3) is 28.4 Å². The van der Waals surface area contributed by atoms with Crippen LogP contribution in [-0.2, 0) is 37.4 Å². The van der Waals surface area contributed by atoms with Gasteiger partial charge in [-0.05, 0) is 48.3 Å². The molecule has 0 aliphatic carbocycles. The van der Waals surface area contributed by atoms with Gasteiger partial charge in [0, 0.05) is 13.2 Å². The van der Waals surface area contributed by atoms with Gasteiger partial charge in [0.1, 0.15) is 0 Å². The molecule has 0 atom stereocenters. The predicted octanol–water partition coefficient (Wildman–Crippen LogP) is 13.3. The van der Waals surface area contributed by atoms with Crippen molar-refractivity contribution in [3.8, 4) is 11.3 Å². The zero-order chi connectivity index (χ0) is 33.6. The average molecular weight is 706 g/mol. The van der Waals surface area contributed by atoms with Gasteiger partial charge in [0.2, 0.25) is 0 Å². The molecule has 1 saturated heterocycles. The molecule has 0 unspecified atom stereocenters. The molecule has 246 valence electrons. The number of hydrogen-bond donors (Lipinski definition) is 0. The van der Waals surface area contributed by atoms with Crippen LogP contribution in [-0.4, -0.2) is 18.2 Å². The third-order valence-electron chi connectivity index (χ3n) is 7.94. The largest absolute Gasteiger partial charge is 3.00 e. The van der Waals surface area contributed by atoms with Crippen LogP contribution in [0.2, 0.25) is 0 Å². The number of nitrogens with one attached hydrogen (secondary N) is 1. The van der Waals surface area contributed by atoms with E-state index in [1.54, 1.807) is 0 Å². The number of nitrogens with zero attached hydrogens (tertiary/aromatic N) is 2. The van der Waals surface area contributed by atoms with Crippen molar-refractivity contribution in [2.24, 2.45) is 0 Å². The van der Waals surface area contributed by atoms with Crippen molar-refractivity contribution < 1.29 is 37.4 Å². The van der Waals surface area contributed by atoms with Gasteiger partial charge in [0.25, 0.3) is 0 Å². The Morgan fingerprint density at radius 2 is 1.23 bits per heavy atom. The molecule has 2 heterocycles. The molecule has 0 bridgehead atoms. The molecular formula is C42H54N3OY. The number of benzene rings is 3. The minimum absolute atomic E-state index is 0. The molecule has 1 aliphatic rings. The SMILES string of the molecule is C/C(=C/c1cccc(-c2[c-]cccc2)n1)[N-]c1c(C(C)C)cccc1C(C)C.C1CCOC1.CC(C)c1cccc(C(C)C)c1[NH-].[Y+3]. The van der Waals surface area contributed by atoms with E-state index in [4.69, 9.17) is 20.8 Å². The first-order chi connectivity index (χ1) is 22.0. The van der Waals surface area contributed by atoms with Gasteiger partial charge in [-0.1, -0.05) is 139 Å². The third kappa shape index (κ3) is 12.6. The standard InChI is InChI=1S/C26H28N2.C12H18N.C4H8O.Y/c1-18(2)23-14-10-15-24(19(3)4)26(23)27-20(5)17-22-13-9-16-25(28-22)21-11-7-6-8-12-21;1-8(2)10-6-5-7-11(9(3)4)12(10)13;1-2-4-5-3-1;/h6-11,13-19H,1-5H3;5-9,13H,1-4H3;1-4H2;/q-2;-1;;+3/b20-17-;;;. The maximum atomic E-state index is 8.01. The van der Waals surface area contributed by atoms with Crippen molar-refractivity contribution in [1.82, 2.24) is 4.98 Å². The summed E-state index contributed by atoms with van der Waals surface area (Å²) >= 11 is 0. The summed E-state index contributed by atoms with van der Waals surface area (Å²) < 4.78 is 4.94. The number of aromatic nitrogens is 1. The Hall–Kier alpha value is -2.79. The second kappa shape index (κ2) is 20.6. The zero-order valence-electron chi connectivity index (χ0n) is 30.1. The van der Waals surface area contributed by atoms with E-state index in [2.05, 4.69) is 97.9 Å². The van der Waals surface area contributed by atoms with Gasteiger partial charge in [-0.2, -0.15) is 5.70 Å². The first-order valence-corrected chi connectivity index (χ1v) is 16.9. The molecule has 1 N–H and O–H groups in total. The fraction of sp³-hybridized carbons (Fsp3) is 0.405. The van der Waals surface area contributed by atoms with Crippen LogP contribution in [0.3, 0.4) is 0 Å². The van der Waals surface area contributed by atoms with Crippen LogP contribution < -0.4 is 0 Å². The Bertz CT molecular complexity index is 1460. The van der Waals surface area contributed by atoms with Crippen LogP contribution in [0.15, 0.2) is 84.6 Å². The van der Waals surface area contributed by atoms with Crippen molar-refractivity contribution in [3.63, 3.8) is 0 Å². The molecule has 5 heteroatoms. The molecule has 1 fully saturated rings. The molecule has 1 aliphatic heterocycles. The molecule has 0 saturated carbocycles. The summed E-state index contributed by atoms with van der Waals surface area (Å²) in [7, 11) is 0. The molecule has 3 aromatic carbocycles. The molecule has 5 rings (SSSR count). The number of pyridine rings is 1. The predicted molar refractivity (Wildman–Crippen MR) is 198 cm³/mol. The van der Waals surface area contributed by atoms with E-state index in [0.717, 1.165) is 58.4 Å². The van der Waals surface area contributed by atoms with E-state index in [0.29, 0.717) is 23.7 Å². The van der Waals surface area contributed by atoms with E-state index in [9.17, 15) is 0 Å². The quantitative estimate of drug-likeness (QED) is 0.171. The molecule has 0 spiro atoms. The molecule has 4 nitrogen and oxygen atoms in total.